The molecule has 3 rings (SSSR count). The van der Waals surface area contributed by atoms with Gasteiger partial charge in [0.05, 0.1) is 25.9 Å². The van der Waals surface area contributed by atoms with E-state index in [1.807, 2.05) is 49.4 Å². The molecule has 0 atom stereocenters. The minimum atomic E-state index is -0.506. The third-order valence-electron chi connectivity index (χ3n) is 4.28. The Kier molecular flexibility index (Phi) is 6.89. The summed E-state index contributed by atoms with van der Waals surface area (Å²) in [5.41, 5.74) is 1.62. The van der Waals surface area contributed by atoms with Gasteiger partial charge in [-0.25, -0.2) is 9.79 Å². The summed E-state index contributed by atoms with van der Waals surface area (Å²) in [5, 5.41) is 0. The van der Waals surface area contributed by atoms with E-state index in [2.05, 4.69) is 11.9 Å². The van der Waals surface area contributed by atoms with Gasteiger partial charge in [-0.3, -0.25) is 0 Å². The molecule has 1 aliphatic rings. The monoisotopic (exact) mass is 395 g/mol. The molecule has 0 fully saturated rings. The summed E-state index contributed by atoms with van der Waals surface area (Å²) in [6.07, 6.45) is 3.69. The fourth-order valence-electron chi connectivity index (χ4n) is 2.83. The van der Waals surface area contributed by atoms with Crippen LogP contribution in [0, 0.1) is 0 Å². The van der Waals surface area contributed by atoms with Gasteiger partial charge in [0.1, 0.15) is 5.75 Å². The van der Waals surface area contributed by atoms with Crippen molar-refractivity contribution >= 4 is 17.9 Å². The molecule has 0 aromatic heterocycles. The van der Waals surface area contributed by atoms with Gasteiger partial charge in [0.2, 0.25) is 5.90 Å². The molecule has 0 saturated heterocycles. The van der Waals surface area contributed by atoms with E-state index >= 15 is 0 Å². The zero-order valence-corrected chi connectivity index (χ0v) is 16.9. The van der Waals surface area contributed by atoms with Crippen molar-refractivity contribution in [3.05, 3.63) is 59.3 Å². The van der Waals surface area contributed by atoms with Gasteiger partial charge < -0.3 is 18.9 Å². The fraction of sp³-hybridized carbons (Fsp3) is 0.304. The molecular formula is C23H25NO5. The summed E-state index contributed by atoms with van der Waals surface area (Å²) >= 11 is 0. The molecule has 0 bridgehead atoms. The minimum Gasteiger partial charge on any atom is -0.493 e. The van der Waals surface area contributed by atoms with Gasteiger partial charge in [-0.15, -0.1) is 0 Å². The SMILES string of the molecule is CCCCOc1ccc(C=C2N=C(c3ccccc3OCC)OC2=O)cc1OC. The van der Waals surface area contributed by atoms with Crippen LogP contribution in [0.25, 0.3) is 6.08 Å². The Morgan fingerprint density at radius 2 is 1.86 bits per heavy atom. The Hall–Kier alpha value is -3.28. The van der Waals surface area contributed by atoms with Crippen LogP contribution in [0.3, 0.4) is 0 Å². The molecule has 6 nitrogen and oxygen atoms in total. The Morgan fingerprint density at radius 3 is 2.62 bits per heavy atom. The molecule has 0 saturated carbocycles. The quantitative estimate of drug-likeness (QED) is 0.352. The molecule has 1 heterocycles. The molecule has 2 aromatic carbocycles. The van der Waals surface area contributed by atoms with Crippen molar-refractivity contribution in [2.45, 2.75) is 26.7 Å². The van der Waals surface area contributed by atoms with Crippen molar-refractivity contribution in [1.82, 2.24) is 0 Å². The summed E-state index contributed by atoms with van der Waals surface area (Å²) in [5.74, 6) is 1.63. The highest BCUT2D eigenvalue weighted by atomic mass is 16.6. The van der Waals surface area contributed by atoms with E-state index in [0.29, 0.717) is 36.0 Å². The molecule has 0 unspecified atom stereocenters. The summed E-state index contributed by atoms with van der Waals surface area (Å²) in [7, 11) is 1.59. The Bertz CT molecular complexity index is 933. The molecular weight excluding hydrogens is 370 g/mol. The van der Waals surface area contributed by atoms with Gasteiger partial charge in [0, 0.05) is 0 Å². The van der Waals surface area contributed by atoms with E-state index in [0.717, 1.165) is 18.4 Å². The smallest absolute Gasteiger partial charge is 0.363 e. The van der Waals surface area contributed by atoms with Crippen LogP contribution in [0.1, 0.15) is 37.8 Å². The van der Waals surface area contributed by atoms with E-state index in [1.54, 1.807) is 13.2 Å². The first-order valence-electron chi connectivity index (χ1n) is 9.71. The molecule has 152 valence electrons. The van der Waals surface area contributed by atoms with Gasteiger partial charge in [-0.05, 0) is 49.2 Å². The number of rotatable bonds is 9. The van der Waals surface area contributed by atoms with Crippen molar-refractivity contribution in [3.63, 3.8) is 0 Å². The second-order valence-corrected chi connectivity index (χ2v) is 6.38. The highest BCUT2D eigenvalue weighted by Crippen LogP contribution is 2.30. The van der Waals surface area contributed by atoms with Gasteiger partial charge in [-0.2, -0.15) is 0 Å². The second-order valence-electron chi connectivity index (χ2n) is 6.38. The topological polar surface area (TPSA) is 66.3 Å². The molecule has 0 spiro atoms. The molecule has 2 aromatic rings. The molecule has 0 amide bonds. The predicted octanol–water partition coefficient (Wildman–Crippen LogP) is 4.62. The number of benzene rings is 2. The molecule has 6 heteroatoms. The van der Waals surface area contributed by atoms with Crippen LogP contribution in [0.15, 0.2) is 53.2 Å². The molecule has 29 heavy (non-hydrogen) atoms. The average molecular weight is 395 g/mol. The van der Waals surface area contributed by atoms with Crippen LogP contribution in [-0.2, 0) is 9.53 Å². The minimum absolute atomic E-state index is 0.216. The summed E-state index contributed by atoms with van der Waals surface area (Å²) in [6, 6.07) is 12.8. The number of esters is 1. The lowest BCUT2D eigenvalue weighted by Crippen LogP contribution is -2.07. The zero-order valence-electron chi connectivity index (χ0n) is 16.9. The third-order valence-corrected chi connectivity index (χ3v) is 4.28. The molecule has 1 aliphatic heterocycles. The largest absolute Gasteiger partial charge is 0.493 e. The number of nitrogens with zero attached hydrogens (tertiary/aromatic N) is 1. The lowest BCUT2D eigenvalue weighted by Gasteiger charge is -2.10. The first-order chi connectivity index (χ1) is 14.2. The fourth-order valence-corrected chi connectivity index (χ4v) is 2.83. The number of hydrogen-bond donors (Lipinski definition) is 0. The highest BCUT2D eigenvalue weighted by Gasteiger charge is 2.26. The van der Waals surface area contributed by atoms with Gasteiger partial charge in [0.25, 0.3) is 0 Å². The van der Waals surface area contributed by atoms with E-state index < -0.39 is 5.97 Å². The van der Waals surface area contributed by atoms with Gasteiger partial charge >= 0.3 is 5.97 Å². The van der Waals surface area contributed by atoms with Crippen molar-refractivity contribution in [2.24, 2.45) is 4.99 Å². The normalized spacial score (nSPS) is 14.5. The van der Waals surface area contributed by atoms with Crippen molar-refractivity contribution < 1.29 is 23.7 Å². The average Bonchev–Trinajstić information content (AvgIpc) is 3.09. The molecule has 0 N–H and O–H groups in total. The number of carbonyl (C=O) groups excluding carboxylic acids is 1. The number of hydrogen-bond acceptors (Lipinski definition) is 6. The summed E-state index contributed by atoms with van der Waals surface area (Å²) in [4.78, 5) is 16.7. The van der Waals surface area contributed by atoms with Crippen LogP contribution in [0.5, 0.6) is 17.2 Å². The first kappa shape index (κ1) is 20.5. The van der Waals surface area contributed by atoms with Crippen molar-refractivity contribution in [2.75, 3.05) is 20.3 Å². The number of para-hydroxylation sites is 1. The number of carbonyl (C=O) groups is 1. The zero-order chi connectivity index (χ0) is 20.6. The maximum absolute atomic E-state index is 12.3. The van der Waals surface area contributed by atoms with Crippen LogP contribution in [0.2, 0.25) is 0 Å². The lowest BCUT2D eigenvalue weighted by molar-refractivity contribution is -0.129. The predicted molar refractivity (Wildman–Crippen MR) is 112 cm³/mol. The number of methoxy groups -OCH3 is 1. The van der Waals surface area contributed by atoms with Crippen LogP contribution in [-0.4, -0.2) is 32.2 Å². The van der Waals surface area contributed by atoms with E-state index in [9.17, 15) is 4.79 Å². The van der Waals surface area contributed by atoms with Crippen LogP contribution >= 0.6 is 0 Å². The number of unbranched alkanes of at least 4 members (excludes halogenated alkanes) is 1. The van der Waals surface area contributed by atoms with Gasteiger partial charge in [-0.1, -0.05) is 31.5 Å². The number of aliphatic imine (C=N–C) groups is 1. The van der Waals surface area contributed by atoms with E-state index in [4.69, 9.17) is 18.9 Å². The standard InChI is InChI=1S/C23H25NO5/c1-4-6-13-28-20-12-11-16(15-21(20)26-3)14-18-23(25)29-22(24-18)17-9-7-8-10-19(17)27-5-2/h7-12,14-15H,4-6,13H2,1-3H3. The number of cyclic esters (lactones) is 1. The maximum atomic E-state index is 12.3. The maximum Gasteiger partial charge on any atom is 0.363 e. The van der Waals surface area contributed by atoms with Crippen molar-refractivity contribution in [3.8, 4) is 17.2 Å². The first-order valence-corrected chi connectivity index (χ1v) is 9.71. The Labute approximate surface area is 170 Å². The molecule has 0 radical (unpaired) electrons. The number of ether oxygens (including phenoxy) is 4. The van der Waals surface area contributed by atoms with E-state index in [1.165, 1.54) is 0 Å². The Balaban J connectivity index is 1.86. The lowest BCUT2D eigenvalue weighted by atomic mass is 10.1. The van der Waals surface area contributed by atoms with Crippen molar-refractivity contribution in [1.29, 1.82) is 0 Å². The highest BCUT2D eigenvalue weighted by molar-refractivity contribution is 6.13. The molecule has 0 aliphatic carbocycles. The van der Waals surface area contributed by atoms with E-state index in [-0.39, 0.29) is 11.6 Å². The third kappa shape index (κ3) is 4.96. The second kappa shape index (κ2) is 9.78. The summed E-state index contributed by atoms with van der Waals surface area (Å²) < 4.78 is 22.1. The Morgan fingerprint density at radius 1 is 1.03 bits per heavy atom. The van der Waals surface area contributed by atoms with Crippen LogP contribution < -0.4 is 14.2 Å². The summed E-state index contributed by atoms with van der Waals surface area (Å²) in [6.45, 7) is 5.14. The van der Waals surface area contributed by atoms with Crippen LogP contribution in [0.4, 0.5) is 0 Å². The van der Waals surface area contributed by atoms with Gasteiger partial charge in [0.15, 0.2) is 17.2 Å².